The maximum Gasteiger partial charge on any atom is 0.246 e. The summed E-state index contributed by atoms with van der Waals surface area (Å²) in [5, 5.41) is 5.11. The van der Waals surface area contributed by atoms with Gasteiger partial charge in [0.05, 0.1) is 16.8 Å². The summed E-state index contributed by atoms with van der Waals surface area (Å²) in [6.07, 6.45) is 1.48. The van der Waals surface area contributed by atoms with E-state index in [4.69, 9.17) is 4.74 Å². The smallest absolute Gasteiger partial charge is 0.246 e. The maximum atomic E-state index is 12.6. The Morgan fingerprint density at radius 3 is 2.76 bits per heavy atom. The minimum absolute atomic E-state index is 0.112. The second-order valence-corrected chi connectivity index (χ2v) is 8.40. The van der Waals surface area contributed by atoms with Crippen molar-refractivity contribution < 1.29 is 13.2 Å². The lowest BCUT2D eigenvalue weighted by Crippen LogP contribution is -2.23. The van der Waals surface area contributed by atoms with Crippen molar-refractivity contribution in [3.8, 4) is 5.75 Å². The van der Waals surface area contributed by atoms with E-state index in [1.807, 2.05) is 18.4 Å². The quantitative estimate of drug-likeness (QED) is 0.710. The topological polar surface area (TPSA) is 84.4 Å². The van der Waals surface area contributed by atoms with Crippen LogP contribution in [0.4, 0.5) is 11.5 Å². The van der Waals surface area contributed by atoms with Crippen LogP contribution in [0.2, 0.25) is 0 Å². The summed E-state index contributed by atoms with van der Waals surface area (Å²) in [7, 11) is -0.656. The zero-order valence-corrected chi connectivity index (χ0v) is 15.7. The number of rotatable bonds is 6. The molecular weight excluding hydrogens is 360 g/mol. The zero-order valence-electron chi connectivity index (χ0n) is 14.1. The normalized spacial score (nSPS) is 11.8. The fraction of sp³-hybridized carbons (Fsp3) is 0.250. The highest BCUT2D eigenvalue weighted by Crippen LogP contribution is 2.32. The number of hydrogen-bond acceptors (Lipinski definition) is 7. The molecule has 0 saturated carbocycles. The van der Waals surface area contributed by atoms with Gasteiger partial charge in [-0.2, -0.15) is 0 Å². The van der Waals surface area contributed by atoms with Gasteiger partial charge < -0.3 is 10.1 Å². The van der Waals surface area contributed by atoms with Crippen molar-refractivity contribution in [2.75, 3.05) is 26.0 Å². The molecule has 0 aliphatic heterocycles. The SMILES string of the molecule is CCOc1ccc(Nc2ncnc3ccsc23)cc1S(=O)(=O)N(C)C. The second kappa shape index (κ2) is 6.95. The Kier molecular flexibility index (Phi) is 4.89. The number of thiophene rings is 1. The van der Waals surface area contributed by atoms with E-state index in [2.05, 4.69) is 15.3 Å². The van der Waals surface area contributed by atoms with Crippen LogP contribution in [0.3, 0.4) is 0 Å². The van der Waals surface area contributed by atoms with Crippen LogP contribution in [-0.4, -0.2) is 43.4 Å². The van der Waals surface area contributed by atoms with Crippen molar-refractivity contribution in [2.45, 2.75) is 11.8 Å². The first-order valence-electron chi connectivity index (χ1n) is 7.58. The van der Waals surface area contributed by atoms with Gasteiger partial charge in [-0.1, -0.05) is 0 Å². The number of hydrogen-bond donors (Lipinski definition) is 1. The van der Waals surface area contributed by atoms with Gasteiger partial charge in [0, 0.05) is 19.8 Å². The van der Waals surface area contributed by atoms with Crippen LogP contribution in [0.15, 0.2) is 40.9 Å². The number of aromatic nitrogens is 2. The molecule has 2 heterocycles. The average molecular weight is 378 g/mol. The number of benzene rings is 1. The predicted octanol–water partition coefficient (Wildman–Crippen LogP) is 3.08. The highest BCUT2D eigenvalue weighted by molar-refractivity contribution is 7.89. The van der Waals surface area contributed by atoms with E-state index in [0.29, 0.717) is 23.9 Å². The van der Waals surface area contributed by atoms with Crippen molar-refractivity contribution in [1.82, 2.24) is 14.3 Å². The average Bonchev–Trinajstić information content (AvgIpc) is 3.06. The minimum atomic E-state index is -3.64. The van der Waals surface area contributed by atoms with Crippen LogP contribution >= 0.6 is 11.3 Å². The number of anilines is 2. The third kappa shape index (κ3) is 3.44. The molecule has 1 N–H and O–H groups in total. The van der Waals surface area contributed by atoms with Gasteiger partial charge in [0.15, 0.2) is 5.82 Å². The van der Waals surface area contributed by atoms with Gasteiger partial charge in [-0.3, -0.25) is 0 Å². The first-order valence-corrected chi connectivity index (χ1v) is 9.90. The Morgan fingerprint density at radius 2 is 2.04 bits per heavy atom. The molecule has 0 radical (unpaired) electrons. The minimum Gasteiger partial charge on any atom is -0.492 e. The van der Waals surface area contributed by atoms with Crippen molar-refractivity contribution in [1.29, 1.82) is 0 Å². The molecule has 3 rings (SSSR count). The number of ether oxygens (including phenoxy) is 1. The van der Waals surface area contributed by atoms with Gasteiger partial charge in [0.2, 0.25) is 10.0 Å². The lowest BCUT2D eigenvalue weighted by atomic mass is 10.3. The third-order valence-electron chi connectivity index (χ3n) is 3.51. The summed E-state index contributed by atoms with van der Waals surface area (Å²) in [6, 6.07) is 6.88. The van der Waals surface area contributed by atoms with Crippen molar-refractivity contribution in [3.05, 3.63) is 36.0 Å². The summed E-state index contributed by atoms with van der Waals surface area (Å²) in [6.45, 7) is 2.19. The van der Waals surface area contributed by atoms with Crippen molar-refractivity contribution in [2.24, 2.45) is 0 Å². The first-order chi connectivity index (χ1) is 11.9. The van der Waals surface area contributed by atoms with Crippen LogP contribution in [0.25, 0.3) is 10.2 Å². The van der Waals surface area contributed by atoms with Gasteiger partial charge in [-0.05, 0) is 36.6 Å². The Morgan fingerprint density at radius 1 is 1.24 bits per heavy atom. The molecule has 9 heteroatoms. The summed E-state index contributed by atoms with van der Waals surface area (Å²) < 4.78 is 32.7. The second-order valence-electron chi connectivity index (χ2n) is 5.36. The van der Waals surface area contributed by atoms with E-state index in [9.17, 15) is 8.42 Å². The lowest BCUT2D eigenvalue weighted by molar-refractivity contribution is 0.330. The molecular formula is C16H18N4O3S2. The van der Waals surface area contributed by atoms with E-state index < -0.39 is 10.0 Å². The fourth-order valence-electron chi connectivity index (χ4n) is 2.27. The molecule has 0 saturated heterocycles. The van der Waals surface area contributed by atoms with Gasteiger partial charge in [-0.25, -0.2) is 22.7 Å². The largest absolute Gasteiger partial charge is 0.492 e. The van der Waals surface area contributed by atoms with E-state index >= 15 is 0 Å². The summed E-state index contributed by atoms with van der Waals surface area (Å²) in [5.74, 6) is 0.961. The molecule has 2 aromatic heterocycles. The molecule has 0 fully saturated rings. The predicted molar refractivity (Wildman–Crippen MR) is 99.2 cm³/mol. The molecule has 0 spiro atoms. The third-order valence-corrected chi connectivity index (χ3v) is 6.25. The van der Waals surface area contributed by atoms with Crippen LogP contribution in [0, 0.1) is 0 Å². The van der Waals surface area contributed by atoms with Gasteiger partial charge >= 0.3 is 0 Å². The summed E-state index contributed by atoms with van der Waals surface area (Å²) in [4.78, 5) is 8.57. The molecule has 0 bridgehead atoms. The molecule has 0 amide bonds. The van der Waals surface area contributed by atoms with Gasteiger partial charge in [-0.15, -0.1) is 11.3 Å². The molecule has 3 aromatic rings. The highest BCUT2D eigenvalue weighted by atomic mass is 32.2. The Bertz CT molecular complexity index is 1000. The lowest BCUT2D eigenvalue weighted by Gasteiger charge is -2.17. The molecule has 25 heavy (non-hydrogen) atoms. The Hall–Kier alpha value is -2.23. The van der Waals surface area contributed by atoms with Crippen LogP contribution in [0.5, 0.6) is 5.75 Å². The van der Waals surface area contributed by atoms with Crippen molar-refractivity contribution >= 4 is 43.1 Å². The maximum absolute atomic E-state index is 12.6. The molecule has 0 atom stereocenters. The number of fused-ring (bicyclic) bond motifs is 1. The number of nitrogens with one attached hydrogen (secondary N) is 1. The number of sulfonamides is 1. The van der Waals surface area contributed by atoms with Crippen LogP contribution < -0.4 is 10.1 Å². The highest BCUT2D eigenvalue weighted by Gasteiger charge is 2.23. The van der Waals surface area contributed by atoms with E-state index in [1.165, 1.54) is 31.8 Å². The molecule has 1 aromatic carbocycles. The molecule has 0 unspecified atom stereocenters. The summed E-state index contributed by atoms with van der Waals surface area (Å²) in [5.41, 5.74) is 1.45. The van der Waals surface area contributed by atoms with Gasteiger partial charge in [0.1, 0.15) is 17.0 Å². The standard InChI is InChI=1S/C16H18N4O3S2/c1-4-23-13-6-5-11(9-14(13)25(21,22)20(2)3)19-16-15-12(7-8-24-15)17-10-18-16/h5-10H,4H2,1-3H3,(H,17,18,19). The monoisotopic (exact) mass is 378 g/mol. The van der Waals surface area contributed by atoms with Crippen LogP contribution in [0.1, 0.15) is 6.92 Å². The number of nitrogens with zero attached hydrogens (tertiary/aromatic N) is 3. The summed E-state index contributed by atoms with van der Waals surface area (Å²) >= 11 is 1.52. The van der Waals surface area contributed by atoms with Crippen molar-refractivity contribution in [3.63, 3.8) is 0 Å². The van der Waals surface area contributed by atoms with Crippen LogP contribution in [-0.2, 0) is 10.0 Å². The molecule has 7 nitrogen and oxygen atoms in total. The molecule has 132 valence electrons. The van der Waals surface area contributed by atoms with E-state index in [1.54, 1.807) is 18.2 Å². The van der Waals surface area contributed by atoms with Gasteiger partial charge in [0.25, 0.3) is 0 Å². The zero-order chi connectivity index (χ0) is 18.0. The molecule has 0 aliphatic carbocycles. The molecule has 0 aliphatic rings. The Labute approximate surface area is 150 Å². The van der Waals surface area contributed by atoms with E-state index in [-0.39, 0.29) is 4.90 Å². The first kappa shape index (κ1) is 17.6. The fourth-order valence-corrected chi connectivity index (χ4v) is 4.11. The Balaban J connectivity index is 2.05. The van der Waals surface area contributed by atoms with E-state index in [0.717, 1.165) is 14.5 Å².